The van der Waals surface area contributed by atoms with Crippen LogP contribution in [0.1, 0.15) is 36.9 Å². The van der Waals surface area contributed by atoms with Crippen molar-refractivity contribution in [2.45, 2.75) is 32.4 Å². The molecule has 7 heteroatoms. The predicted molar refractivity (Wildman–Crippen MR) is 94.7 cm³/mol. The van der Waals surface area contributed by atoms with Gasteiger partial charge in [-0.15, -0.1) is 0 Å². The molecule has 1 aliphatic rings. The number of amides is 1. The molecule has 0 aliphatic carbocycles. The van der Waals surface area contributed by atoms with Gasteiger partial charge in [-0.3, -0.25) is 9.48 Å². The summed E-state index contributed by atoms with van der Waals surface area (Å²) in [5.74, 6) is -1.86. The number of ether oxygens (including phenoxy) is 1. The molecule has 1 N–H and O–H groups in total. The highest BCUT2D eigenvalue weighted by Crippen LogP contribution is 2.33. The molecule has 26 heavy (non-hydrogen) atoms. The van der Waals surface area contributed by atoms with Gasteiger partial charge in [-0.1, -0.05) is 30.3 Å². The zero-order valence-corrected chi connectivity index (χ0v) is 14.9. The molecule has 2 unspecified atom stereocenters. The van der Waals surface area contributed by atoms with E-state index in [1.54, 1.807) is 10.9 Å². The summed E-state index contributed by atoms with van der Waals surface area (Å²) in [6.45, 7) is 4.64. The summed E-state index contributed by atoms with van der Waals surface area (Å²) in [6, 6.07) is 9.59. The predicted octanol–water partition coefficient (Wildman–Crippen LogP) is 2.90. The SMILES string of the molecule is CC(C)n1cc(C2CN(C(=O)OCc3ccccc3)CC2C(=O)O)cn1. The fraction of sp³-hybridized carbons (Fsp3) is 0.421. The lowest BCUT2D eigenvalue weighted by atomic mass is 9.91. The summed E-state index contributed by atoms with van der Waals surface area (Å²) < 4.78 is 7.14. The second kappa shape index (κ2) is 7.59. The van der Waals surface area contributed by atoms with E-state index in [-0.39, 0.29) is 25.1 Å². The number of aromatic nitrogens is 2. The Morgan fingerprint density at radius 1 is 1.27 bits per heavy atom. The third-order valence-corrected chi connectivity index (χ3v) is 4.68. The lowest BCUT2D eigenvalue weighted by Crippen LogP contribution is -2.30. The van der Waals surface area contributed by atoms with Gasteiger partial charge >= 0.3 is 12.1 Å². The first-order valence-electron chi connectivity index (χ1n) is 8.68. The van der Waals surface area contributed by atoms with Gasteiger partial charge in [0.2, 0.25) is 0 Å². The molecule has 1 saturated heterocycles. The van der Waals surface area contributed by atoms with Crippen LogP contribution in [0.15, 0.2) is 42.7 Å². The minimum Gasteiger partial charge on any atom is -0.481 e. The second-order valence-electron chi connectivity index (χ2n) is 6.84. The molecule has 1 aromatic carbocycles. The van der Waals surface area contributed by atoms with Crippen molar-refractivity contribution in [3.8, 4) is 0 Å². The molecule has 2 heterocycles. The summed E-state index contributed by atoms with van der Waals surface area (Å²) in [7, 11) is 0. The monoisotopic (exact) mass is 357 g/mol. The van der Waals surface area contributed by atoms with E-state index >= 15 is 0 Å². The largest absolute Gasteiger partial charge is 0.481 e. The lowest BCUT2D eigenvalue weighted by molar-refractivity contribution is -0.141. The van der Waals surface area contributed by atoms with Gasteiger partial charge in [-0.25, -0.2) is 4.79 Å². The second-order valence-corrected chi connectivity index (χ2v) is 6.84. The quantitative estimate of drug-likeness (QED) is 0.889. The molecule has 3 rings (SSSR count). The number of carboxylic acids is 1. The highest BCUT2D eigenvalue weighted by Gasteiger charge is 2.41. The van der Waals surface area contributed by atoms with Crippen LogP contribution in [-0.2, 0) is 16.1 Å². The summed E-state index contributed by atoms with van der Waals surface area (Å²) in [5.41, 5.74) is 1.73. The number of carbonyl (C=O) groups is 2. The van der Waals surface area contributed by atoms with Crippen molar-refractivity contribution in [3.05, 3.63) is 53.9 Å². The molecule has 1 fully saturated rings. The molecular formula is C19H23N3O4. The summed E-state index contributed by atoms with van der Waals surface area (Å²) >= 11 is 0. The van der Waals surface area contributed by atoms with Gasteiger partial charge in [0.15, 0.2) is 0 Å². The van der Waals surface area contributed by atoms with Crippen LogP contribution in [0.25, 0.3) is 0 Å². The number of nitrogens with zero attached hydrogens (tertiary/aromatic N) is 3. The fourth-order valence-corrected chi connectivity index (χ4v) is 3.18. The average molecular weight is 357 g/mol. The molecule has 0 radical (unpaired) electrons. The number of aliphatic carboxylic acids is 1. The molecular weight excluding hydrogens is 334 g/mol. The van der Waals surface area contributed by atoms with Crippen molar-refractivity contribution >= 4 is 12.1 Å². The van der Waals surface area contributed by atoms with Gasteiger partial charge in [0.1, 0.15) is 6.61 Å². The average Bonchev–Trinajstić information content (AvgIpc) is 3.27. The first kappa shape index (κ1) is 18.0. The third kappa shape index (κ3) is 3.87. The minimum absolute atomic E-state index is 0.139. The Hall–Kier alpha value is -2.83. The van der Waals surface area contributed by atoms with Crippen LogP contribution in [-0.4, -0.2) is 44.9 Å². The molecule has 2 aromatic rings. The zero-order valence-electron chi connectivity index (χ0n) is 14.9. The Kier molecular flexibility index (Phi) is 5.25. The number of likely N-dealkylation sites (tertiary alicyclic amines) is 1. The van der Waals surface area contributed by atoms with Gasteiger partial charge in [-0.2, -0.15) is 5.10 Å². The van der Waals surface area contributed by atoms with Crippen LogP contribution >= 0.6 is 0 Å². The van der Waals surface area contributed by atoms with Crippen molar-refractivity contribution < 1.29 is 19.4 Å². The smallest absolute Gasteiger partial charge is 0.410 e. The molecule has 1 amide bonds. The van der Waals surface area contributed by atoms with Crippen molar-refractivity contribution in [2.24, 2.45) is 5.92 Å². The van der Waals surface area contributed by atoms with Gasteiger partial charge < -0.3 is 14.7 Å². The van der Waals surface area contributed by atoms with Gasteiger partial charge in [0.05, 0.1) is 12.1 Å². The molecule has 1 aromatic heterocycles. The van der Waals surface area contributed by atoms with Crippen LogP contribution in [0.3, 0.4) is 0 Å². The van der Waals surface area contributed by atoms with E-state index in [2.05, 4.69) is 5.10 Å². The molecule has 0 saturated carbocycles. The van der Waals surface area contributed by atoms with E-state index in [1.807, 2.05) is 50.4 Å². The topological polar surface area (TPSA) is 84.7 Å². The standard InChI is InChI=1S/C19H23N3O4/c1-13(2)22-9-15(8-20-22)16-10-21(11-17(16)18(23)24)19(25)26-12-14-6-4-3-5-7-14/h3-9,13,16-17H,10-12H2,1-2H3,(H,23,24). The molecule has 138 valence electrons. The summed E-state index contributed by atoms with van der Waals surface area (Å²) in [4.78, 5) is 25.5. The maximum Gasteiger partial charge on any atom is 0.410 e. The van der Waals surface area contributed by atoms with E-state index in [9.17, 15) is 14.7 Å². The van der Waals surface area contributed by atoms with Crippen LogP contribution < -0.4 is 0 Å². The Morgan fingerprint density at radius 2 is 2.00 bits per heavy atom. The van der Waals surface area contributed by atoms with Gasteiger partial charge in [-0.05, 0) is 25.0 Å². The summed E-state index contributed by atoms with van der Waals surface area (Å²) in [6.07, 6.45) is 3.07. The lowest BCUT2D eigenvalue weighted by Gasteiger charge is -2.16. The normalized spacial score (nSPS) is 19.7. The molecule has 1 aliphatic heterocycles. The highest BCUT2D eigenvalue weighted by molar-refractivity contribution is 5.75. The molecule has 2 atom stereocenters. The maximum atomic E-state index is 12.4. The molecule has 7 nitrogen and oxygen atoms in total. The Bertz CT molecular complexity index is 772. The number of rotatable bonds is 5. The van der Waals surface area contributed by atoms with Crippen LogP contribution in [0.5, 0.6) is 0 Å². The summed E-state index contributed by atoms with van der Waals surface area (Å²) in [5, 5.41) is 13.9. The van der Waals surface area contributed by atoms with Crippen molar-refractivity contribution in [1.29, 1.82) is 0 Å². The van der Waals surface area contributed by atoms with Crippen molar-refractivity contribution in [3.63, 3.8) is 0 Å². The highest BCUT2D eigenvalue weighted by atomic mass is 16.6. The van der Waals surface area contributed by atoms with Crippen LogP contribution in [0.2, 0.25) is 0 Å². The van der Waals surface area contributed by atoms with Gasteiger partial charge in [0.25, 0.3) is 0 Å². The third-order valence-electron chi connectivity index (χ3n) is 4.68. The fourth-order valence-electron chi connectivity index (χ4n) is 3.18. The number of benzene rings is 1. The minimum atomic E-state index is -0.911. The Labute approximate surface area is 152 Å². The first-order valence-corrected chi connectivity index (χ1v) is 8.68. The number of carboxylic acid groups (broad SMARTS) is 1. The van der Waals surface area contributed by atoms with Crippen molar-refractivity contribution in [1.82, 2.24) is 14.7 Å². The van der Waals surface area contributed by atoms with E-state index in [4.69, 9.17) is 4.74 Å². The molecule has 0 spiro atoms. The molecule has 0 bridgehead atoms. The maximum absolute atomic E-state index is 12.4. The van der Waals surface area contributed by atoms with E-state index in [0.717, 1.165) is 11.1 Å². The van der Waals surface area contributed by atoms with Crippen LogP contribution in [0.4, 0.5) is 4.79 Å². The van der Waals surface area contributed by atoms with E-state index in [0.29, 0.717) is 6.54 Å². The van der Waals surface area contributed by atoms with Crippen molar-refractivity contribution in [2.75, 3.05) is 13.1 Å². The Balaban J connectivity index is 1.68. The zero-order chi connectivity index (χ0) is 18.7. The first-order chi connectivity index (χ1) is 12.5. The number of carbonyl (C=O) groups excluding carboxylic acids is 1. The number of hydrogen-bond acceptors (Lipinski definition) is 4. The Morgan fingerprint density at radius 3 is 2.62 bits per heavy atom. The van der Waals surface area contributed by atoms with E-state index in [1.165, 1.54) is 4.90 Å². The van der Waals surface area contributed by atoms with E-state index < -0.39 is 18.0 Å². The van der Waals surface area contributed by atoms with Gasteiger partial charge in [0, 0.05) is 31.2 Å². The van der Waals surface area contributed by atoms with Crippen LogP contribution in [0, 0.1) is 5.92 Å². The number of hydrogen-bond donors (Lipinski definition) is 1.